The summed E-state index contributed by atoms with van der Waals surface area (Å²) in [6, 6.07) is 17.8. The molecule has 1 N–H and O–H groups in total. The highest BCUT2D eigenvalue weighted by Crippen LogP contribution is 2.37. The molecule has 45 heavy (non-hydrogen) atoms. The highest BCUT2D eigenvalue weighted by atomic mass is 79.9. The lowest BCUT2D eigenvalue weighted by Crippen LogP contribution is -2.55. The standard InChI is InChI=1S/C32H34BrClF3N3O4S/c1-45(43,44)40(26-15-16-28(34)27(19-26)32(35,36)37)21-30(41)39(20-23-11-8-12-24(33)17-23)29(18-22-9-4-2-5-10-22)31(42)38-25-13-6-3-7-14-25/h2,4-5,8-12,15-17,19,25,29H,3,6-7,13-14,18,20-21H2,1H3,(H,38,42). The number of amides is 2. The van der Waals surface area contributed by atoms with Crippen LogP contribution in [0.4, 0.5) is 18.9 Å². The molecular weight excluding hydrogens is 695 g/mol. The van der Waals surface area contributed by atoms with Crippen molar-refractivity contribution in [3.8, 4) is 0 Å². The van der Waals surface area contributed by atoms with E-state index in [1.165, 1.54) is 4.90 Å². The van der Waals surface area contributed by atoms with Crippen LogP contribution in [-0.2, 0) is 38.8 Å². The maximum absolute atomic E-state index is 14.2. The van der Waals surface area contributed by atoms with Gasteiger partial charge in [-0.3, -0.25) is 13.9 Å². The summed E-state index contributed by atoms with van der Waals surface area (Å²) in [7, 11) is -4.26. The van der Waals surface area contributed by atoms with Gasteiger partial charge in [0.25, 0.3) is 0 Å². The van der Waals surface area contributed by atoms with E-state index in [1.807, 2.05) is 30.3 Å². The lowest BCUT2D eigenvalue weighted by molar-refractivity contribution is -0.140. The summed E-state index contributed by atoms with van der Waals surface area (Å²) in [5.41, 5.74) is -0.169. The molecule has 13 heteroatoms. The first-order valence-corrected chi connectivity index (χ1v) is 17.5. The summed E-state index contributed by atoms with van der Waals surface area (Å²) in [5.74, 6) is -1.14. The van der Waals surface area contributed by atoms with Gasteiger partial charge in [-0.25, -0.2) is 8.42 Å². The summed E-state index contributed by atoms with van der Waals surface area (Å²) in [5, 5.41) is 2.50. The van der Waals surface area contributed by atoms with Gasteiger partial charge < -0.3 is 10.2 Å². The lowest BCUT2D eigenvalue weighted by atomic mass is 9.94. The van der Waals surface area contributed by atoms with Crippen molar-refractivity contribution in [1.82, 2.24) is 10.2 Å². The third-order valence-corrected chi connectivity index (χ3v) is 9.65. The number of halogens is 5. The molecule has 0 saturated heterocycles. The lowest BCUT2D eigenvalue weighted by Gasteiger charge is -2.35. The van der Waals surface area contributed by atoms with E-state index in [-0.39, 0.29) is 30.6 Å². The number of anilines is 1. The second-order valence-corrected chi connectivity index (χ2v) is 14.4. The molecule has 1 saturated carbocycles. The summed E-state index contributed by atoms with van der Waals surface area (Å²) in [4.78, 5) is 29.5. The Labute approximate surface area is 274 Å². The molecule has 7 nitrogen and oxygen atoms in total. The van der Waals surface area contributed by atoms with Crippen LogP contribution < -0.4 is 9.62 Å². The van der Waals surface area contributed by atoms with Crippen molar-refractivity contribution in [3.63, 3.8) is 0 Å². The van der Waals surface area contributed by atoms with Gasteiger partial charge >= 0.3 is 6.18 Å². The third-order valence-electron chi connectivity index (χ3n) is 7.69. The molecule has 4 rings (SSSR count). The SMILES string of the molecule is CS(=O)(=O)N(CC(=O)N(Cc1cccc(Br)c1)C(Cc1ccccc1)C(=O)NC1CCCCC1)c1ccc(Cl)c(C(F)(F)F)c1. The fraction of sp³-hybridized carbons (Fsp3) is 0.375. The van der Waals surface area contributed by atoms with E-state index < -0.39 is 45.3 Å². The van der Waals surface area contributed by atoms with E-state index in [4.69, 9.17) is 11.6 Å². The first-order valence-electron chi connectivity index (χ1n) is 14.4. The maximum atomic E-state index is 14.2. The zero-order valence-electron chi connectivity index (χ0n) is 24.6. The summed E-state index contributed by atoms with van der Waals surface area (Å²) >= 11 is 9.21. The Morgan fingerprint density at radius 3 is 2.27 bits per heavy atom. The molecule has 0 aliphatic heterocycles. The molecule has 0 heterocycles. The number of carbonyl (C=O) groups excluding carboxylic acids is 2. The van der Waals surface area contributed by atoms with E-state index in [2.05, 4.69) is 21.2 Å². The van der Waals surface area contributed by atoms with Crippen LogP contribution in [0.5, 0.6) is 0 Å². The quantitative estimate of drug-likeness (QED) is 0.231. The predicted molar refractivity (Wildman–Crippen MR) is 172 cm³/mol. The Morgan fingerprint density at radius 2 is 1.64 bits per heavy atom. The average Bonchev–Trinajstić information content (AvgIpc) is 2.98. The summed E-state index contributed by atoms with van der Waals surface area (Å²) < 4.78 is 68.3. The minimum absolute atomic E-state index is 0.0557. The molecule has 0 aromatic heterocycles. The normalized spacial score (nSPS) is 14.9. The van der Waals surface area contributed by atoms with Crippen molar-refractivity contribution < 1.29 is 31.2 Å². The predicted octanol–water partition coefficient (Wildman–Crippen LogP) is 6.98. The van der Waals surface area contributed by atoms with E-state index in [1.54, 1.807) is 24.3 Å². The van der Waals surface area contributed by atoms with Crippen LogP contribution >= 0.6 is 27.5 Å². The second-order valence-electron chi connectivity index (χ2n) is 11.1. The molecule has 2 amide bonds. The topological polar surface area (TPSA) is 86.8 Å². The molecule has 3 aromatic rings. The molecule has 1 atom stereocenters. The largest absolute Gasteiger partial charge is 0.417 e. The van der Waals surface area contributed by atoms with E-state index in [0.717, 1.165) is 60.5 Å². The number of hydrogen-bond donors (Lipinski definition) is 1. The van der Waals surface area contributed by atoms with Gasteiger partial charge in [-0.1, -0.05) is 89.3 Å². The Balaban J connectivity index is 1.76. The van der Waals surface area contributed by atoms with Crippen LogP contribution in [0.25, 0.3) is 0 Å². The highest BCUT2D eigenvalue weighted by Gasteiger charge is 2.37. The zero-order chi connectivity index (χ0) is 32.8. The molecule has 1 unspecified atom stereocenters. The molecule has 1 aliphatic rings. The molecule has 0 bridgehead atoms. The first-order chi connectivity index (χ1) is 21.2. The van der Waals surface area contributed by atoms with E-state index >= 15 is 0 Å². The summed E-state index contributed by atoms with van der Waals surface area (Å²) in [6.45, 7) is -0.895. The van der Waals surface area contributed by atoms with Gasteiger partial charge in [-0.15, -0.1) is 0 Å². The number of sulfonamides is 1. The van der Waals surface area contributed by atoms with Gasteiger partial charge in [0.2, 0.25) is 21.8 Å². The summed E-state index contributed by atoms with van der Waals surface area (Å²) in [6.07, 6.45) is 0.723. The van der Waals surface area contributed by atoms with Gasteiger partial charge in [0, 0.05) is 23.5 Å². The minimum atomic E-state index is -4.86. The smallest absolute Gasteiger partial charge is 0.352 e. The maximum Gasteiger partial charge on any atom is 0.417 e. The van der Waals surface area contributed by atoms with Crippen molar-refractivity contribution in [1.29, 1.82) is 0 Å². The molecule has 0 spiro atoms. The molecule has 3 aromatic carbocycles. The molecule has 242 valence electrons. The Bertz CT molecular complexity index is 1600. The van der Waals surface area contributed by atoms with Gasteiger partial charge in [0.15, 0.2) is 0 Å². The molecule has 1 aliphatic carbocycles. The van der Waals surface area contributed by atoms with Crippen molar-refractivity contribution >= 4 is 55.1 Å². The first kappa shape index (κ1) is 34.8. The Kier molecular flexibility index (Phi) is 11.6. The monoisotopic (exact) mass is 727 g/mol. The van der Waals surface area contributed by atoms with Crippen molar-refractivity contribution in [2.45, 2.75) is 63.3 Å². The van der Waals surface area contributed by atoms with Gasteiger partial charge in [-0.05, 0) is 54.3 Å². The van der Waals surface area contributed by atoms with E-state index in [9.17, 15) is 31.2 Å². The minimum Gasteiger partial charge on any atom is -0.352 e. The van der Waals surface area contributed by atoms with Gasteiger partial charge in [0.1, 0.15) is 12.6 Å². The van der Waals surface area contributed by atoms with Gasteiger partial charge in [0.05, 0.1) is 22.5 Å². The van der Waals surface area contributed by atoms with Gasteiger partial charge in [-0.2, -0.15) is 13.2 Å². The van der Waals surface area contributed by atoms with Crippen molar-refractivity contribution in [3.05, 3.63) is 99.0 Å². The zero-order valence-corrected chi connectivity index (χ0v) is 27.7. The second kappa shape index (κ2) is 15.0. The molecular formula is C32H34BrClF3N3O4S. The van der Waals surface area contributed by atoms with Crippen LogP contribution in [0.1, 0.15) is 48.8 Å². The number of rotatable bonds is 11. The molecule has 0 radical (unpaired) electrons. The van der Waals surface area contributed by atoms with Crippen LogP contribution in [0.2, 0.25) is 5.02 Å². The van der Waals surface area contributed by atoms with Crippen LogP contribution in [0, 0.1) is 0 Å². The van der Waals surface area contributed by atoms with Crippen LogP contribution in [0.15, 0.2) is 77.3 Å². The fourth-order valence-electron chi connectivity index (χ4n) is 5.43. The van der Waals surface area contributed by atoms with Crippen molar-refractivity contribution in [2.75, 3.05) is 17.1 Å². The number of nitrogens with zero attached hydrogens (tertiary/aromatic N) is 2. The van der Waals surface area contributed by atoms with E-state index in [0.29, 0.717) is 15.9 Å². The third kappa shape index (κ3) is 9.70. The van der Waals surface area contributed by atoms with Crippen molar-refractivity contribution in [2.24, 2.45) is 0 Å². The number of carbonyl (C=O) groups is 2. The number of hydrogen-bond acceptors (Lipinski definition) is 4. The van der Waals surface area contributed by atoms with Crippen LogP contribution in [0.3, 0.4) is 0 Å². The number of nitrogens with one attached hydrogen (secondary N) is 1. The average molecular weight is 729 g/mol. The number of benzene rings is 3. The fourth-order valence-corrected chi connectivity index (χ4v) is 6.94. The van der Waals surface area contributed by atoms with Crippen LogP contribution in [-0.4, -0.2) is 50.0 Å². The number of alkyl halides is 3. The highest BCUT2D eigenvalue weighted by molar-refractivity contribution is 9.10. The Hall–Kier alpha value is -3.09. The Morgan fingerprint density at radius 1 is 0.978 bits per heavy atom. The molecule has 1 fully saturated rings.